The third-order valence-corrected chi connectivity index (χ3v) is 7.03. The van der Waals surface area contributed by atoms with Crippen molar-refractivity contribution in [3.63, 3.8) is 0 Å². The smallest absolute Gasteiger partial charge is 0.195 e. The molecule has 2 aliphatic rings. The number of hydrogen-bond acceptors (Lipinski definition) is 1. The van der Waals surface area contributed by atoms with Gasteiger partial charge in [-0.1, -0.05) is 49.8 Å². The van der Waals surface area contributed by atoms with Crippen LogP contribution >= 0.6 is 0 Å². The molecular formula is C26H34FN. The zero-order valence-electron chi connectivity index (χ0n) is 17.3. The number of nitrogens with zero attached hydrogens (tertiary/aromatic N) is 1. The summed E-state index contributed by atoms with van der Waals surface area (Å²) in [6, 6.07) is 10.9. The van der Waals surface area contributed by atoms with Crippen molar-refractivity contribution in [3.05, 3.63) is 59.4 Å². The highest BCUT2D eigenvalue weighted by atomic mass is 19.1. The lowest BCUT2D eigenvalue weighted by atomic mass is 9.70. The molecule has 2 heteroatoms. The molecule has 1 aromatic carbocycles. The van der Waals surface area contributed by atoms with Crippen LogP contribution in [0.1, 0.15) is 81.8 Å². The Labute approximate surface area is 170 Å². The van der Waals surface area contributed by atoms with E-state index in [9.17, 15) is 4.39 Å². The van der Waals surface area contributed by atoms with Gasteiger partial charge in [0.15, 0.2) is 5.83 Å². The predicted octanol–water partition coefficient (Wildman–Crippen LogP) is 7.65. The normalized spacial score (nSPS) is 28.5. The molecule has 0 radical (unpaired) electrons. The van der Waals surface area contributed by atoms with Gasteiger partial charge in [-0.15, -0.1) is 0 Å². The fraction of sp³-hybridized carbons (Fsp3) is 0.577. The van der Waals surface area contributed by atoms with Crippen LogP contribution in [0.5, 0.6) is 0 Å². The van der Waals surface area contributed by atoms with Crippen molar-refractivity contribution in [2.75, 3.05) is 0 Å². The molecule has 0 bridgehead atoms. The quantitative estimate of drug-likeness (QED) is 0.368. The van der Waals surface area contributed by atoms with Crippen LogP contribution < -0.4 is 0 Å². The summed E-state index contributed by atoms with van der Waals surface area (Å²) in [6.45, 7) is 6.72. The lowest BCUT2D eigenvalue weighted by molar-refractivity contribution is 0.289. The molecule has 0 spiro atoms. The van der Waals surface area contributed by atoms with Crippen molar-refractivity contribution in [2.24, 2.45) is 17.8 Å². The molecule has 0 atom stereocenters. The second kappa shape index (κ2) is 10.1. The van der Waals surface area contributed by atoms with Gasteiger partial charge in [0, 0.05) is 0 Å². The van der Waals surface area contributed by atoms with Gasteiger partial charge in [-0.25, -0.2) is 0 Å². The van der Waals surface area contributed by atoms with Crippen LogP contribution in [-0.2, 0) is 6.42 Å². The summed E-state index contributed by atoms with van der Waals surface area (Å²) < 4.78 is 13.2. The molecule has 2 aliphatic carbocycles. The van der Waals surface area contributed by atoms with E-state index in [1.807, 2.05) is 0 Å². The van der Waals surface area contributed by atoms with Gasteiger partial charge in [0.2, 0.25) is 0 Å². The molecule has 2 fully saturated rings. The van der Waals surface area contributed by atoms with Crippen molar-refractivity contribution in [1.29, 1.82) is 5.26 Å². The van der Waals surface area contributed by atoms with Crippen molar-refractivity contribution in [2.45, 2.75) is 77.0 Å². The molecule has 1 nitrogen and oxygen atoms in total. The molecule has 1 aromatic rings. The maximum Gasteiger partial charge on any atom is 0.196 e. The lowest BCUT2D eigenvalue weighted by Crippen LogP contribution is -2.22. The molecule has 2 saturated carbocycles. The zero-order valence-corrected chi connectivity index (χ0v) is 17.3. The summed E-state index contributed by atoms with van der Waals surface area (Å²) in [5.74, 6) is 1.56. The van der Waals surface area contributed by atoms with Crippen LogP contribution in [0.15, 0.2) is 48.3 Å². The summed E-state index contributed by atoms with van der Waals surface area (Å²) in [6.07, 6.45) is 13.1. The molecular weight excluding hydrogens is 345 g/mol. The van der Waals surface area contributed by atoms with Crippen LogP contribution in [0.3, 0.4) is 0 Å². The van der Waals surface area contributed by atoms with Gasteiger partial charge in [0.1, 0.15) is 6.07 Å². The second-order valence-electron chi connectivity index (χ2n) is 8.85. The van der Waals surface area contributed by atoms with Gasteiger partial charge in [-0.2, -0.15) is 9.65 Å². The second-order valence-corrected chi connectivity index (χ2v) is 8.85. The number of benzene rings is 1. The fourth-order valence-corrected chi connectivity index (χ4v) is 5.28. The van der Waals surface area contributed by atoms with E-state index in [4.69, 9.17) is 5.26 Å². The average Bonchev–Trinajstić information content (AvgIpc) is 2.74. The Morgan fingerprint density at radius 2 is 1.61 bits per heavy atom. The molecule has 0 aromatic heterocycles. The van der Waals surface area contributed by atoms with E-state index in [1.54, 1.807) is 6.07 Å². The summed E-state index contributed by atoms with van der Waals surface area (Å²) in [5.41, 5.74) is 4.41. The molecule has 0 amide bonds. The first-order chi connectivity index (χ1) is 13.6. The topological polar surface area (TPSA) is 23.8 Å². The number of halogens is 1. The number of aryl methyl sites for hydroxylation is 1. The Bertz CT molecular complexity index is 708. The SMILES string of the molecule is C=C(C1CCC(C=C(F)C#N)CC1)C1CCC(c2ccc(CCC)cc2)CC1. The van der Waals surface area contributed by atoms with E-state index in [1.165, 1.54) is 61.3 Å². The van der Waals surface area contributed by atoms with Crippen LogP contribution in [0, 0.1) is 29.1 Å². The molecule has 0 saturated heterocycles. The van der Waals surface area contributed by atoms with E-state index in [-0.39, 0.29) is 5.92 Å². The molecule has 150 valence electrons. The highest BCUT2D eigenvalue weighted by Crippen LogP contribution is 2.43. The van der Waals surface area contributed by atoms with E-state index in [0.29, 0.717) is 17.8 Å². The standard InChI is InChI=1S/C26H34FN/c1-3-4-20-5-11-24(12-6-20)25-15-13-23(14-16-25)19(2)22-9-7-21(8-10-22)17-26(27)18-28/h5-6,11-12,17,21-23,25H,2-4,7-10,13-16H2,1H3. The van der Waals surface area contributed by atoms with Gasteiger partial charge in [-0.05, 0) is 98.7 Å². The Morgan fingerprint density at radius 3 is 2.14 bits per heavy atom. The van der Waals surface area contributed by atoms with Crippen LogP contribution in [0.25, 0.3) is 0 Å². The van der Waals surface area contributed by atoms with Gasteiger partial charge >= 0.3 is 0 Å². The van der Waals surface area contributed by atoms with Crippen LogP contribution in [0.2, 0.25) is 0 Å². The monoisotopic (exact) mass is 379 g/mol. The number of allylic oxidation sites excluding steroid dienone is 3. The van der Waals surface area contributed by atoms with Gasteiger partial charge in [0.05, 0.1) is 0 Å². The third-order valence-electron chi connectivity index (χ3n) is 7.03. The number of nitriles is 1. The Morgan fingerprint density at radius 1 is 1.04 bits per heavy atom. The van der Waals surface area contributed by atoms with E-state index in [0.717, 1.165) is 25.7 Å². The summed E-state index contributed by atoms with van der Waals surface area (Å²) in [5, 5.41) is 8.61. The van der Waals surface area contributed by atoms with E-state index < -0.39 is 5.83 Å². The zero-order chi connectivity index (χ0) is 19.9. The highest BCUT2D eigenvalue weighted by Gasteiger charge is 2.29. The Kier molecular flexibility index (Phi) is 7.49. The minimum atomic E-state index is -0.622. The first-order valence-electron chi connectivity index (χ1n) is 11.2. The average molecular weight is 380 g/mol. The highest BCUT2D eigenvalue weighted by molar-refractivity contribution is 5.26. The maximum absolute atomic E-state index is 13.2. The molecule has 28 heavy (non-hydrogen) atoms. The summed E-state index contributed by atoms with van der Waals surface area (Å²) in [4.78, 5) is 0. The number of hydrogen-bond donors (Lipinski definition) is 0. The van der Waals surface area contributed by atoms with Crippen molar-refractivity contribution in [3.8, 4) is 6.07 Å². The van der Waals surface area contributed by atoms with Crippen LogP contribution in [-0.4, -0.2) is 0 Å². The minimum Gasteiger partial charge on any atom is -0.195 e. The predicted molar refractivity (Wildman–Crippen MR) is 115 cm³/mol. The van der Waals surface area contributed by atoms with Gasteiger partial charge in [-0.3, -0.25) is 0 Å². The van der Waals surface area contributed by atoms with Crippen molar-refractivity contribution >= 4 is 0 Å². The van der Waals surface area contributed by atoms with Crippen molar-refractivity contribution < 1.29 is 4.39 Å². The largest absolute Gasteiger partial charge is 0.196 e. The molecule has 0 heterocycles. The Balaban J connectivity index is 1.47. The van der Waals surface area contributed by atoms with Crippen LogP contribution in [0.4, 0.5) is 4.39 Å². The molecule has 3 rings (SSSR count). The maximum atomic E-state index is 13.2. The summed E-state index contributed by atoms with van der Waals surface area (Å²) >= 11 is 0. The number of rotatable bonds is 6. The van der Waals surface area contributed by atoms with Crippen molar-refractivity contribution in [1.82, 2.24) is 0 Å². The third kappa shape index (κ3) is 5.34. The Hall–Kier alpha value is -1.88. The molecule has 0 N–H and O–H groups in total. The van der Waals surface area contributed by atoms with Gasteiger partial charge in [0.25, 0.3) is 0 Å². The lowest BCUT2D eigenvalue weighted by Gasteiger charge is -2.35. The van der Waals surface area contributed by atoms with E-state index >= 15 is 0 Å². The van der Waals surface area contributed by atoms with E-state index in [2.05, 4.69) is 37.8 Å². The fourth-order valence-electron chi connectivity index (χ4n) is 5.28. The molecule has 0 aliphatic heterocycles. The minimum absolute atomic E-state index is 0.232. The first kappa shape index (κ1) is 20.8. The first-order valence-corrected chi connectivity index (χ1v) is 11.2. The van der Waals surface area contributed by atoms with Gasteiger partial charge < -0.3 is 0 Å². The summed E-state index contributed by atoms with van der Waals surface area (Å²) in [7, 11) is 0. The molecule has 0 unspecified atom stereocenters.